The van der Waals surface area contributed by atoms with E-state index in [9.17, 15) is 9.00 Å². The zero-order valence-electron chi connectivity index (χ0n) is 11.5. The Morgan fingerprint density at radius 1 is 1.44 bits per heavy atom. The second kappa shape index (κ2) is 7.24. The number of hydrogen-bond donors (Lipinski definition) is 2. The summed E-state index contributed by atoms with van der Waals surface area (Å²) in [7, 11) is -1.28. The molecule has 0 aromatic rings. The fourth-order valence-electron chi connectivity index (χ4n) is 2.47. The zero-order chi connectivity index (χ0) is 13.7. The van der Waals surface area contributed by atoms with E-state index in [1.54, 1.807) is 6.92 Å². The molecule has 1 amide bonds. The van der Waals surface area contributed by atoms with Crippen molar-refractivity contribution in [3.05, 3.63) is 0 Å². The third-order valence-corrected chi connectivity index (χ3v) is 5.68. The van der Waals surface area contributed by atoms with E-state index in [-0.39, 0.29) is 24.3 Å². The quantitative estimate of drug-likeness (QED) is 0.788. The maximum atomic E-state index is 12.0. The molecule has 1 saturated carbocycles. The van der Waals surface area contributed by atoms with E-state index < -0.39 is 16.0 Å². The van der Waals surface area contributed by atoms with Crippen LogP contribution in [0.25, 0.3) is 0 Å². The van der Waals surface area contributed by atoms with Crippen LogP contribution in [-0.2, 0) is 15.6 Å². The summed E-state index contributed by atoms with van der Waals surface area (Å²) < 4.78 is 11.7. The first-order valence-corrected chi connectivity index (χ1v) is 8.14. The summed E-state index contributed by atoms with van der Waals surface area (Å²) in [6.07, 6.45) is 3.38. The van der Waals surface area contributed by atoms with Crippen LogP contribution in [0, 0.1) is 11.8 Å². The van der Waals surface area contributed by atoms with Crippen LogP contribution in [0.2, 0.25) is 0 Å². The van der Waals surface area contributed by atoms with E-state index in [2.05, 4.69) is 19.2 Å². The van der Waals surface area contributed by atoms with Crippen LogP contribution in [0.15, 0.2) is 0 Å². The summed E-state index contributed by atoms with van der Waals surface area (Å²) in [4.78, 5) is 12.0. The van der Waals surface area contributed by atoms with E-state index in [4.69, 9.17) is 5.11 Å². The van der Waals surface area contributed by atoms with Crippen molar-refractivity contribution >= 4 is 16.7 Å². The van der Waals surface area contributed by atoms with Crippen LogP contribution in [0.1, 0.15) is 40.0 Å². The second-order valence-electron chi connectivity index (χ2n) is 5.33. The summed E-state index contributed by atoms with van der Waals surface area (Å²) in [5, 5.41) is 11.2. The summed E-state index contributed by atoms with van der Waals surface area (Å²) in [5.41, 5.74) is 0. The molecule has 5 atom stereocenters. The smallest absolute Gasteiger partial charge is 0.235 e. The van der Waals surface area contributed by atoms with E-state index in [1.807, 2.05) is 0 Å². The van der Waals surface area contributed by atoms with Crippen molar-refractivity contribution in [3.63, 3.8) is 0 Å². The summed E-state index contributed by atoms with van der Waals surface area (Å²) >= 11 is 0. The normalized spacial score (nSPS) is 31.7. The van der Waals surface area contributed by atoms with Crippen molar-refractivity contribution < 1.29 is 14.1 Å². The van der Waals surface area contributed by atoms with Crippen LogP contribution >= 0.6 is 0 Å². The van der Waals surface area contributed by atoms with Gasteiger partial charge in [-0.15, -0.1) is 0 Å². The molecule has 0 aromatic carbocycles. The second-order valence-corrected chi connectivity index (χ2v) is 7.21. The minimum Gasteiger partial charge on any atom is -0.395 e. The monoisotopic (exact) mass is 275 g/mol. The third-order valence-electron chi connectivity index (χ3n) is 4.09. The Hall–Kier alpha value is -0.420. The predicted molar refractivity (Wildman–Crippen MR) is 73.7 cm³/mol. The van der Waals surface area contributed by atoms with Gasteiger partial charge in [0.1, 0.15) is 5.25 Å². The Bertz CT molecular complexity index is 309. The van der Waals surface area contributed by atoms with Gasteiger partial charge in [-0.3, -0.25) is 9.00 Å². The predicted octanol–water partition coefficient (Wildman–Crippen LogP) is 1.06. The lowest BCUT2D eigenvalue weighted by Crippen LogP contribution is -2.47. The van der Waals surface area contributed by atoms with Crippen molar-refractivity contribution in [1.82, 2.24) is 5.32 Å². The first kappa shape index (κ1) is 15.6. The lowest BCUT2D eigenvalue weighted by Gasteiger charge is -2.35. The third kappa shape index (κ3) is 4.05. The minimum absolute atomic E-state index is 0.138. The van der Waals surface area contributed by atoms with Gasteiger partial charge in [-0.1, -0.05) is 26.7 Å². The number of carbonyl (C=O) groups is 1. The number of nitrogens with one attached hydrogen (secondary N) is 1. The van der Waals surface area contributed by atoms with Crippen LogP contribution in [0.3, 0.4) is 0 Å². The molecule has 1 aliphatic rings. The largest absolute Gasteiger partial charge is 0.395 e. The van der Waals surface area contributed by atoms with Crippen molar-refractivity contribution in [2.45, 2.75) is 51.3 Å². The maximum Gasteiger partial charge on any atom is 0.235 e. The lowest BCUT2D eigenvalue weighted by atomic mass is 9.78. The molecule has 0 radical (unpaired) electrons. The topological polar surface area (TPSA) is 66.4 Å². The average molecular weight is 275 g/mol. The van der Waals surface area contributed by atoms with Crippen molar-refractivity contribution in [1.29, 1.82) is 0 Å². The van der Waals surface area contributed by atoms with E-state index in [0.717, 1.165) is 12.8 Å². The Labute approximate surface area is 112 Å². The number of amides is 1. The van der Waals surface area contributed by atoms with Gasteiger partial charge in [0.15, 0.2) is 0 Å². The van der Waals surface area contributed by atoms with Crippen LogP contribution in [0.4, 0.5) is 0 Å². The van der Waals surface area contributed by atoms with Gasteiger partial charge in [0.25, 0.3) is 0 Å². The average Bonchev–Trinajstić information content (AvgIpc) is 2.34. The molecule has 106 valence electrons. The molecule has 0 bridgehead atoms. The van der Waals surface area contributed by atoms with Gasteiger partial charge in [0, 0.05) is 22.6 Å². The van der Waals surface area contributed by atoms with E-state index in [1.165, 1.54) is 6.42 Å². The fraction of sp³-hybridized carbons (Fsp3) is 0.923. The van der Waals surface area contributed by atoms with Gasteiger partial charge in [-0.2, -0.15) is 0 Å². The van der Waals surface area contributed by atoms with Crippen LogP contribution in [-0.4, -0.2) is 38.9 Å². The molecule has 18 heavy (non-hydrogen) atoms. The number of rotatable bonds is 5. The molecule has 0 spiro atoms. The highest BCUT2D eigenvalue weighted by Gasteiger charge is 2.30. The molecule has 1 fully saturated rings. The molecular formula is C13H25NO3S. The van der Waals surface area contributed by atoms with Crippen molar-refractivity contribution in [3.8, 4) is 0 Å². The number of aliphatic hydroxyl groups excluding tert-OH is 1. The molecule has 0 aromatic heterocycles. The highest BCUT2D eigenvalue weighted by Crippen LogP contribution is 2.29. The Morgan fingerprint density at radius 2 is 2.11 bits per heavy atom. The SMILES string of the molecule is CC1CCCC(NC(=O)C(C)S(=O)CCO)C1C. The van der Waals surface area contributed by atoms with Crippen molar-refractivity contribution in [2.24, 2.45) is 11.8 Å². The number of aliphatic hydroxyl groups is 1. The summed E-state index contributed by atoms with van der Waals surface area (Å²) in [5.74, 6) is 1.13. The fourth-order valence-corrected chi connectivity index (χ4v) is 3.31. The number of hydrogen-bond acceptors (Lipinski definition) is 3. The molecular weight excluding hydrogens is 250 g/mol. The van der Waals surface area contributed by atoms with Gasteiger partial charge in [0.2, 0.25) is 5.91 Å². The molecule has 1 rings (SSSR count). The van der Waals surface area contributed by atoms with Gasteiger partial charge < -0.3 is 10.4 Å². The number of carbonyl (C=O) groups excluding carboxylic acids is 1. The van der Waals surface area contributed by atoms with Crippen molar-refractivity contribution in [2.75, 3.05) is 12.4 Å². The first-order valence-electron chi connectivity index (χ1n) is 6.75. The highest BCUT2D eigenvalue weighted by atomic mass is 32.2. The Kier molecular flexibility index (Phi) is 6.29. The van der Waals surface area contributed by atoms with E-state index in [0.29, 0.717) is 11.8 Å². The van der Waals surface area contributed by atoms with Crippen LogP contribution in [0.5, 0.6) is 0 Å². The standard InChI is InChI=1S/C13H25NO3S/c1-9-5-4-6-12(10(9)2)14-13(16)11(3)18(17)8-7-15/h9-12,15H,4-8H2,1-3H3,(H,14,16). The van der Waals surface area contributed by atoms with E-state index >= 15 is 0 Å². The van der Waals surface area contributed by atoms with Crippen LogP contribution < -0.4 is 5.32 Å². The molecule has 0 heterocycles. The molecule has 0 aliphatic heterocycles. The summed E-state index contributed by atoms with van der Waals surface area (Å²) in [6, 6.07) is 0.204. The first-order chi connectivity index (χ1) is 8.47. The lowest BCUT2D eigenvalue weighted by molar-refractivity contribution is -0.121. The molecule has 0 saturated heterocycles. The molecule has 1 aliphatic carbocycles. The zero-order valence-corrected chi connectivity index (χ0v) is 12.3. The molecule has 4 nitrogen and oxygen atoms in total. The minimum atomic E-state index is -1.28. The molecule has 5 unspecified atom stereocenters. The van der Waals surface area contributed by atoms with Gasteiger partial charge in [-0.25, -0.2) is 0 Å². The Balaban J connectivity index is 2.50. The Morgan fingerprint density at radius 3 is 2.72 bits per heavy atom. The summed E-state index contributed by atoms with van der Waals surface area (Å²) in [6.45, 7) is 5.92. The molecule has 5 heteroatoms. The van der Waals surface area contributed by atoms with Gasteiger partial charge in [-0.05, 0) is 25.2 Å². The molecule has 2 N–H and O–H groups in total. The van der Waals surface area contributed by atoms with Gasteiger partial charge >= 0.3 is 0 Å². The highest BCUT2D eigenvalue weighted by molar-refractivity contribution is 7.86. The maximum absolute atomic E-state index is 12.0. The van der Waals surface area contributed by atoms with Gasteiger partial charge in [0.05, 0.1) is 6.61 Å².